The number of sulfone groups is 1. The first kappa shape index (κ1) is 17.0. The van der Waals surface area contributed by atoms with Gasteiger partial charge in [0.2, 0.25) is 0 Å². The van der Waals surface area contributed by atoms with Crippen LogP contribution in [0.5, 0.6) is 0 Å². The Morgan fingerprint density at radius 2 is 2.00 bits per heavy atom. The molecule has 0 fully saturated rings. The van der Waals surface area contributed by atoms with Gasteiger partial charge in [-0.15, -0.1) is 0 Å². The Morgan fingerprint density at radius 3 is 2.50 bits per heavy atom. The van der Waals surface area contributed by atoms with E-state index in [0.717, 1.165) is 5.56 Å². The standard InChI is InChI=1S/C14H19ClO4S/c1-10(2)20(18,19)7-6-12(14(16)17)8-11-4-3-5-13(15)9-11/h3-5,9-10,12H,6-8H2,1-2H3,(H,16,17). The van der Waals surface area contributed by atoms with Gasteiger partial charge in [-0.3, -0.25) is 4.79 Å². The molecule has 4 nitrogen and oxygen atoms in total. The molecule has 1 aromatic carbocycles. The molecule has 1 atom stereocenters. The van der Waals surface area contributed by atoms with Gasteiger partial charge < -0.3 is 5.11 Å². The van der Waals surface area contributed by atoms with Crippen molar-refractivity contribution in [3.63, 3.8) is 0 Å². The van der Waals surface area contributed by atoms with Crippen molar-refractivity contribution in [1.82, 2.24) is 0 Å². The highest BCUT2D eigenvalue weighted by molar-refractivity contribution is 7.91. The van der Waals surface area contributed by atoms with Crippen molar-refractivity contribution in [3.05, 3.63) is 34.9 Å². The van der Waals surface area contributed by atoms with Crippen LogP contribution >= 0.6 is 11.6 Å². The summed E-state index contributed by atoms with van der Waals surface area (Å²) >= 11 is 5.86. The number of benzene rings is 1. The lowest BCUT2D eigenvalue weighted by Gasteiger charge is -2.14. The fourth-order valence-electron chi connectivity index (χ4n) is 1.80. The van der Waals surface area contributed by atoms with Crippen molar-refractivity contribution in [2.45, 2.75) is 31.9 Å². The molecular weight excluding hydrogens is 300 g/mol. The summed E-state index contributed by atoms with van der Waals surface area (Å²) < 4.78 is 23.5. The molecule has 0 heterocycles. The molecule has 0 saturated carbocycles. The number of hydrogen-bond acceptors (Lipinski definition) is 3. The minimum absolute atomic E-state index is 0.109. The van der Waals surface area contributed by atoms with Crippen molar-refractivity contribution >= 4 is 27.4 Å². The minimum Gasteiger partial charge on any atom is -0.481 e. The highest BCUT2D eigenvalue weighted by Crippen LogP contribution is 2.18. The van der Waals surface area contributed by atoms with E-state index in [1.54, 1.807) is 38.1 Å². The minimum atomic E-state index is -3.22. The van der Waals surface area contributed by atoms with Gasteiger partial charge >= 0.3 is 5.97 Å². The van der Waals surface area contributed by atoms with Crippen molar-refractivity contribution in [2.75, 3.05) is 5.75 Å². The van der Waals surface area contributed by atoms with Crippen molar-refractivity contribution in [3.8, 4) is 0 Å². The number of carboxylic acid groups (broad SMARTS) is 1. The Hall–Kier alpha value is -1.07. The predicted octanol–water partition coefficient (Wildman–Crippen LogP) is 2.80. The summed E-state index contributed by atoms with van der Waals surface area (Å²) in [6.45, 7) is 3.20. The molecule has 0 aromatic heterocycles. The first-order valence-corrected chi connectivity index (χ1v) is 8.50. The van der Waals surface area contributed by atoms with Crippen molar-refractivity contribution in [2.24, 2.45) is 5.92 Å². The zero-order valence-electron chi connectivity index (χ0n) is 11.5. The lowest BCUT2D eigenvalue weighted by atomic mass is 9.97. The molecule has 0 aliphatic rings. The average molecular weight is 319 g/mol. The molecule has 0 aliphatic heterocycles. The molecule has 1 unspecified atom stereocenters. The summed E-state index contributed by atoms with van der Waals surface area (Å²) in [4.78, 5) is 11.2. The summed E-state index contributed by atoms with van der Waals surface area (Å²) in [6.07, 6.45) is 0.395. The second kappa shape index (κ2) is 7.09. The van der Waals surface area contributed by atoms with Gasteiger partial charge in [0.05, 0.1) is 16.9 Å². The van der Waals surface area contributed by atoms with Gasteiger partial charge in [0, 0.05) is 5.02 Å². The Balaban J connectivity index is 2.74. The lowest BCUT2D eigenvalue weighted by molar-refractivity contribution is -0.141. The van der Waals surface area contributed by atoms with Gasteiger partial charge in [-0.1, -0.05) is 23.7 Å². The third-order valence-electron chi connectivity index (χ3n) is 3.19. The van der Waals surface area contributed by atoms with E-state index in [0.29, 0.717) is 5.02 Å². The van der Waals surface area contributed by atoms with E-state index in [-0.39, 0.29) is 18.6 Å². The lowest BCUT2D eigenvalue weighted by Crippen LogP contribution is -2.24. The maximum Gasteiger partial charge on any atom is 0.306 e. The summed E-state index contributed by atoms with van der Waals surface area (Å²) in [5.41, 5.74) is 0.798. The smallest absolute Gasteiger partial charge is 0.306 e. The van der Waals surface area contributed by atoms with Crippen LogP contribution in [0.3, 0.4) is 0 Å². The largest absolute Gasteiger partial charge is 0.481 e. The van der Waals surface area contributed by atoms with Crippen molar-refractivity contribution in [1.29, 1.82) is 0 Å². The predicted molar refractivity (Wildman–Crippen MR) is 79.8 cm³/mol. The van der Waals surface area contributed by atoms with Gasteiger partial charge in [-0.2, -0.15) is 0 Å². The molecule has 0 amide bonds. The van der Waals surface area contributed by atoms with Gasteiger partial charge in [0.25, 0.3) is 0 Å². The highest BCUT2D eigenvalue weighted by atomic mass is 35.5. The van der Waals surface area contributed by atoms with Gasteiger partial charge in [-0.05, 0) is 44.4 Å². The number of carboxylic acids is 1. The summed E-state index contributed by atoms with van der Waals surface area (Å²) in [5, 5.41) is 9.27. The molecule has 0 saturated heterocycles. The highest BCUT2D eigenvalue weighted by Gasteiger charge is 2.23. The fraction of sp³-hybridized carbons (Fsp3) is 0.500. The van der Waals surface area contributed by atoms with Crippen LogP contribution < -0.4 is 0 Å². The molecule has 20 heavy (non-hydrogen) atoms. The summed E-state index contributed by atoms with van der Waals surface area (Å²) in [6, 6.07) is 6.96. The van der Waals surface area contributed by atoms with Gasteiger partial charge in [-0.25, -0.2) is 8.42 Å². The molecule has 1 N–H and O–H groups in total. The molecule has 1 rings (SSSR count). The third kappa shape index (κ3) is 5.13. The summed E-state index contributed by atoms with van der Waals surface area (Å²) in [7, 11) is -3.22. The quantitative estimate of drug-likeness (QED) is 0.839. The van der Waals surface area contributed by atoms with Crippen LogP contribution in [0.4, 0.5) is 0 Å². The van der Waals surface area contributed by atoms with Crippen molar-refractivity contribution < 1.29 is 18.3 Å². The number of rotatable bonds is 7. The van der Waals surface area contributed by atoms with E-state index >= 15 is 0 Å². The van der Waals surface area contributed by atoms with E-state index in [2.05, 4.69) is 0 Å². The monoisotopic (exact) mass is 318 g/mol. The molecule has 112 valence electrons. The Morgan fingerprint density at radius 1 is 1.35 bits per heavy atom. The third-order valence-corrected chi connectivity index (χ3v) is 5.67. The van der Waals surface area contributed by atoms with Crippen LogP contribution in [0.15, 0.2) is 24.3 Å². The average Bonchev–Trinajstić information content (AvgIpc) is 2.34. The Bertz CT molecular complexity index is 566. The van der Waals surface area contributed by atoms with Crippen LogP contribution in [0, 0.1) is 5.92 Å². The van der Waals surface area contributed by atoms with Gasteiger partial charge in [0.15, 0.2) is 9.84 Å². The molecule has 0 radical (unpaired) electrons. The van der Waals surface area contributed by atoms with Crippen LogP contribution in [-0.4, -0.2) is 30.5 Å². The van der Waals surface area contributed by atoms with E-state index in [9.17, 15) is 18.3 Å². The molecular formula is C14H19ClO4S. The molecule has 0 bridgehead atoms. The van der Waals surface area contributed by atoms with E-state index in [1.807, 2.05) is 0 Å². The van der Waals surface area contributed by atoms with Crippen LogP contribution in [-0.2, 0) is 21.1 Å². The maximum atomic E-state index is 11.7. The van der Waals surface area contributed by atoms with E-state index in [4.69, 9.17) is 11.6 Å². The molecule has 0 spiro atoms. The number of halogens is 1. The van der Waals surface area contributed by atoms with E-state index < -0.39 is 27.0 Å². The second-order valence-corrected chi connectivity index (χ2v) is 8.19. The van der Waals surface area contributed by atoms with Crippen LogP contribution in [0.2, 0.25) is 5.02 Å². The zero-order chi connectivity index (χ0) is 15.3. The molecule has 0 aliphatic carbocycles. The number of carbonyl (C=O) groups is 1. The summed E-state index contributed by atoms with van der Waals surface area (Å²) in [5.74, 6) is -1.81. The topological polar surface area (TPSA) is 71.4 Å². The van der Waals surface area contributed by atoms with E-state index in [1.165, 1.54) is 0 Å². The normalized spacial score (nSPS) is 13.4. The van der Waals surface area contributed by atoms with Crippen LogP contribution in [0.1, 0.15) is 25.8 Å². The number of hydrogen-bond donors (Lipinski definition) is 1. The zero-order valence-corrected chi connectivity index (χ0v) is 13.1. The van der Waals surface area contributed by atoms with Gasteiger partial charge in [0.1, 0.15) is 0 Å². The first-order chi connectivity index (χ1) is 9.22. The first-order valence-electron chi connectivity index (χ1n) is 6.41. The SMILES string of the molecule is CC(C)S(=O)(=O)CCC(Cc1cccc(Cl)c1)C(=O)O. The maximum absolute atomic E-state index is 11.7. The molecule has 6 heteroatoms. The second-order valence-electron chi connectivity index (χ2n) is 5.07. The Kier molecular flexibility index (Phi) is 6.02. The molecule has 1 aromatic rings. The van der Waals surface area contributed by atoms with Crippen LogP contribution in [0.25, 0.3) is 0 Å². The Labute approximate surface area is 124 Å². The number of aliphatic carboxylic acids is 1. The fourth-order valence-corrected chi connectivity index (χ4v) is 3.10.